The maximum absolute atomic E-state index is 8.41. The van der Waals surface area contributed by atoms with Gasteiger partial charge in [0.15, 0.2) is 0 Å². The van der Waals surface area contributed by atoms with Crippen molar-refractivity contribution in [2.75, 3.05) is 12.3 Å². The summed E-state index contributed by atoms with van der Waals surface area (Å²) in [5.41, 5.74) is 0. The first-order valence-electron chi connectivity index (χ1n) is 4.06. The van der Waals surface area contributed by atoms with Gasteiger partial charge in [-0.1, -0.05) is 0 Å². The molecule has 0 N–H and O–H groups in total. The van der Waals surface area contributed by atoms with Crippen molar-refractivity contribution in [3.8, 4) is 5.40 Å². The third-order valence-corrected chi connectivity index (χ3v) is 6.46. The summed E-state index contributed by atoms with van der Waals surface area (Å²) >= 11 is 6.57. The Labute approximate surface area is 94.3 Å². The molecule has 0 aromatic heterocycles. The average Bonchev–Trinajstić information content (AvgIpc) is 2.59. The fraction of sp³-hybridized carbons (Fsp3) is 0.750. The van der Waals surface area contributed by atoms with E-state index in [2.05, 4.69) is 27.8 Å². The molecule has 0 aliphatic carbocycles. The van der Waals surface area contributed by atoms with Gasteiger partial charge < -0.3 is 0 Å². The van der Waals surface area contributed by atoms with Gasteiger partial charge in [-0.2, -0.15) is 0 Å². The third-order valence-electron chi connectivity index (χ3n) is 1.89. The van der Waals surface area contributed by atoms with E-state index in [1.807, 2.05) is 0 Å². The standard InChI is InChI=1S/C8H10N2S2Se/c9-5-12-4-8-2-1-7(13-8)3-10-6-11/h7-8H,1-4H2. The molecule has 1 saturated heterocycles. The van der Waals surface area contributed by atoms with Crippen LogP contribution < -0.4 is 0 Å². The molecule has 13 heavy (non-hydrogen) atoms. The number of thioether (sulfide) groups is 1. The summed E-state index contributed by atoms with van der Waals surface area (Å²) in [6, 6.07) is 0. The Kier molecular flexibility index (Phi) is 5.69. The van der Waals surface area contributed by atoms with E-state index in [9.17, 15) is 0 Å². The number of thiocyanates is 1. The predicted molar refractivity (Wildman–Crippen MR) is 60.5 cm³/mol. The van der Waals surface area contributed by atoms with Gasteiger partial charge in [0.2, 0.25) is 0 Å². The van der Waals surface area contributed by atoms with Crippen LogP contribution in [0.5, 0.6) is 0 Å². The average molecular weight is 277 g/mol. The van der Waals surface area contributed by atoms with Crippen LogP contribution >= 0.6 is 24.0 Å². The number of hydrogen-bond acceptors (Lipinski definition) is 4. The molecule has 70 valence electrons. The van der Waals surface area contributed by atoms with Gasteiger partial charge in [0.05, 0.1) is 0 Å². The molecule has 0 bridgehead atoms. The van der Waals surface area contributed by atoms with Crippen LogP contribution in [0.4, 0.5) is 0 Å². The van der Waals surface area contributed by atoms with Crippen molar-refractivity contribution in [2.45, 2.75) is 22.5 Å². The van der Waals surface area contributed by atoms with Gasteiger partial charge in [-0.25, -0.2) is 0 Å². The number of nitriles is 1. The number of isothiocyanates is 1. The summed E-state index contributed by atoms with van der Waals surface area (Å²) in [5, 5.41) is 13.0. The van der Waals surface area contributed by atoms with Crippen molar-refractivity contribution < 1.29 is 0 Å². The molecule has 2 nitrogen and oxygen atoms in total. The van der Waals surface area contributed by atoms with E-state index in [1.54, 1.807) is 0 Å². The van der Waals surface area contributed by atoms with Crippen LogP contribution in [0.1, 0.15) is 12.8 Å². The molecule has 0 spiro atoms. The van der Waals surface area contributed by atoms with Crippen LogP contribution in [0.15, 0.2) is 4.99 Å². The van der Waals surface area contributed by atoms with Gasteiger partial charge in [0, 0.05) is 0 Å². The van der Waals surface area contributed by atoms with E-state index in [4.69, 9.17) is 5.26 Å². The second kappa shape index (κ2) is 6.59. The molecule has 0 aromatic carbocycles. The maximum atomic E-state index is 8.41. The van der Waals surface area contributed by atoms with E-state index >= 15 is 0 Å². The molecule has 1 aliphatic rings. The Morgan fingerprint density at radius 1 is 1.54 bits per heavy atom. The molecular weight excluding hydrogens is 267 g/mol. The summed E-state index contributed by atoms with van der Waals surface area (Å²) < 4.78 is 0. The van der Waals surface area contributed by atoms with Crippen LogP contribution in [-0.4, -0.2) is 32.4 Å². The molecule has 1 heterocycles. The zero-order valence-corrected chi connectivity index (χ0v) is 10.4. The second-order valence-corrected chi connectivity index (χ2v) is 7.15. The molecular formula is C8H10N2S2Se. The van der Waals surface area contributed by atoms with Gasteiger partial charge >= 0.3 is 94.5 Å². The first kappa shape index (κ1) is 11.2. The van der Waals surface area contributed by atoms with Gasteiger partial charge in [0.25, 0.3) is 0 Å². The Bertz CT molecular complexity index is 245. The van der Waals surface area contributed by atoms with Crippen LogP contribution in [0.25, 0.3) is 0 Å². The molecule has 1 fully saturated rings. The topological polar surface area (TPSA) is 36.1 Å². The molecule has 5 heteroatoms. The van der Waals surface area contributed by atoms with Crippen LogP contribution in [0, 0.1) is 10.7 Å². The third kappa shape index (κ3) is 4.26. The van der Waals surface area contributed by atoms with Gasteiger partial charge in [-0.05, 0) is 0 Å². The quantitative estimate of drug-likeness (QED) is 0.342. The summed E-state index contributed by atoms with van der Waals surface area (Å²) in [7, 11) is 0. The van der Waals surface area contributed by atoms with Crippen molar-refractivity contribution >= 4 is 44.1 Å². The molecule has 2 unspecified atom stereocenters. The van der Waals surface area contributed by atoms with Crippen molar-refractivity contribution in [1.29, 1.82) is 5.26 Å². The summed E-state index contributed by atoms with van der Waals surface area (Å²) in [6.07, 6.45) is 2.53. The fourth-order valence-electron chi connectivity index (χ4n) is 1.31. The van der Waals surface area contributed by atoms with E-state index in [0.717, 1.165) is 21.9 Å². The molecule has 0 radical (unpaired) electrons. The Morgan fingerprint density at radius 2 is 2.31 bits per heavy atom. The minimum atomic E-state index is 0.652. The molecule has 1 rings (SSSR count). The summed E-state index contributed by atoms with van der Waals surface area (Å²) in [5.74, 6) is 1.01. The van der Waals surface area contributed by atoms with E-state index < -0.39 is 0 Å². The molecule has 0 saturated carbocycles. The van der Waals surface area contributed by atoms with Crippen LogP contribution in [0.3, 0.4) is 0 Å². The number of nitrogens with zero attached hydrogens (tertiary/aromatic N) is 2. The SMILES string of the molecule is N#CSCC1CCC(CN=C=S)[Se]1. The van der Waals surface area contributed by atoms with E-state index in [-0.39, 0.29) is 0 Å². The van der Waals surface area contributed by atoms with Gasteiger partial charge in [-0.3, -0.25) is 0 Å². The summed E-state index contributed by atoms with van der Waals surface area (Å²) in [6.45, 7) is 0.858. The number of rotatable bonds is 4. The Morgan fingerprint density at radius 3 is 3.00 bits per heavy atom. The normalized spacial score (nSPS) is 26.4. The monoisotopic (exact) mass is 278 g/mol. The van der Waals surface area contributed by atoms with Crippen molar-refractivity contribution in [1.82, 2.24) is 0 Å². The number of thiocarbonyl (C=S) groups is 1. The van der Waals surface area contributed by atoms with Crippen molar-refractivity contribution in [3.05, 3.63) is 0 Å². The van der Waals surface area contributed by atoms with Crippen molar-refractivity contribution in [3.63, 3.8) is 0 Å². The number of hydrogen-bond donors (Lipinski definition) is 0. The minimum absolute atomic E-state index is 0.652. The fourth-order valence-corrected chi connectivity index (χ4v) is 5.43. The first-order valence-corrected chi connectivity index (χ1v) is 7.44. The predicted octanol–water partition coefficient (Wildman–Crippen LogP) is 2.38. The van der Waals surface area contributed by atoms with Crippen molar-refractivity contribution in [2.24, 2.45) is 4.99 Å². The Hall–Kier alpha value is 0.159. The van der Waals surface area contributed by atoms with E-state index in [0.29, 0.717) is 15.0 Å². The number of aliphatic imine (C=N–C) groups is 1. The molecule has 0 aromatic rings. The Balaban J connectivity index is 2.20. The zero-order valence-electron chi connectivity index (χ0n) is 7.10. The molecule has 2 atom stereocenters. The van der Waals surface area contributed by atoms with Gasteiger partial charge in [0.1, 0.15) is 0 Å². The summed E-state index contributed by atoms with van der Waals surface area (Å²) in [4.78, 5) is 5.50. The van der Waals surface area contributed by atoms with E-state index in [1.165, 1.54) is 24.6 Å². The molecule has 1 aliphatic heterocycles. The first-order chi connectivity index (χ1) is 6.36. The van der Waals surface area contributed by atoms with Crippen LogP contribution in [-0.2, 0) is 0 Å². The van der Waals surface area contributed by atoms with Gasteiger partial charge in [-0.15, -0.1) is 0 Å². The second-order valence-electron chi connectivity index (χ2n) is 2.79. The zero-order chi connectivity index (χ0) is 9.52. The molecule has 0 amide bonds. The van der Waals surface area contributed by atoms with Crippen LogP contribution in [0.2, 0.25) is 9.63 Å².